The molecule has 0 aliphatic carbocycles. The smallest absolute Gasteiger partial charge is 0.254 e. The van der Waals surface area contributed by atoms with Gasteiger partial charge in [0.2, 0.25) is 0 Å². The van der Waals surface area contributed by atoms with Gasteiger partial charge in [0.05, 0.1) is 7.11 Å². The third kappa shape index (κ3) is 3.21. The van der Waals surface area contributed by atoms with Crippen LogP contribution in [0, 0.1) is 5.92 Å². The van der Waals surface area contributed by atoms with E-state index in [1.54, 1.807) is 7.11 Å². The van der Waals surface area contributed by atoms with Crippen molar-refractivity contribution in [2.75, 3.05) is 33.8 Å². The van der Waals surface area contributed by atoms with Gasteiger partial charge >= 0.3 is 0 Å². The number of methoxy groups -OCH3 is 1. The highest BCUT2D eigenvalue weighted by atomic mass is 16.5. The Kier molecular flexibility index (Phi) is 4.68. The van der Waals surface area contributed by atoms with Crippen molar-refractivity contribution in [2.24, 2.45) is 5.92 Å². The summed E-state index contributed by atoms with van der Waals surface area (Å²) < 4.78 is 5.45. The van der Waals surface area contributed by atoms with Crippen LogP contribution in [-0.2, 0) is 0 Å². The first-order valence-electron chi connectivity index (χ1n) is 9.38. The van der Waals surface area contributed by atoms with Crippen molar-refractivity contribution < 1.29 is 9.53 Å². The fourth-order valence-electron chi connectivity index (χ4n) is 4.41. The molecule has 1 amide bonds. The molecule has 2 bridgehead atoms. The monoisotopic (exact) mass is 350 g/mol. The summed E-state index contributed by atoms with van der Waals surface area (Å²) in [4.78, 5) is 17.6. The topological polar surface area (TPSA) is 32.8 Å². The molecule has 4 heteroatoms. The Hall–Kier alpha value is -2.33. The molecule has 136 valence electrons. The molecule has 3 fully saturated rings. The number of rotatable bonds is 3. The van der Waals surface area contributed by atoms with Crippen LogP contribution in [-0.4, -0.2) is 55.5 Å². The van der Waals surface area contributed by atoms with Gasteiger partial charge in [0, 0.05) is 36.8 Å². The second-order valence-electron chi connectivity index (χ2n) is 7.55. The third-order valence-electron chi connectivity index (χ3n) is 5.71. The van der Waals surface area contributed by atoms with E-state index in [2.05, 4.69) is 16.8 Å². The van der Waals surface area contributed by atoms with Gasteiger partial charge in [-0.15, -0.1) is 0 Å². The largest absolute Gasteiger partial charge is 0.496 e. The maximum Gasteiger partial charge on any atom is 0.254 e. The summed E-state index contributed by atoms with van der Waals surface area (Å²) in [6, 6.07) is 16.3. The molecule has 0 radical (unpaired) electrons. The number of piperidine rings is 1. The number of hydrogen-bond donors (Lipinski definition) is 0. The van der Waals surface area contributed by atoms with Gasteiger partial charge in [-0.25, -0.2) is 0 Å². The van der Waals surface area contributed by atoms with E-state index in [-0.39, 0.29) is 5.91 Å². The summed E-state index contributed by atoms with van der Waals surface area (Å²) in [6.45, 7) is 2.98. The molecule has 3 aliphatic rings. The highest BCUT2D eigenvalue weighted by Crippen LogP contribution is 2.31. The molecule has 3 saturated heterocycles. The van der Waals surface area contributed by atoms with Crippen LogP contribution in [0.1, 0.15) is 23.2 Å². The minimum atomic E-state index is 0.168. The van der Waals surface area contributed by atoms with E-state index < -0.39 is 0 Å². The van der Waals surface area contributed by atoms with E-state index in [0.717, 1.165) is 48.5 Å². The van der Waals surface area contributed by atoms with Crippen LogP contribution in [0.3, 0.4) is 0 Å². The molecular formula is C22H26N2O2. The van der Waals surface area contributed by atoms with E-state index in [1.807, 2.05) is 48.5 Å². The molecule has 0 spiro atoms. The zero-order chi connectivity index (χ0) is 18.1. The lowest BCUT2D eigenvalue weighted by Crippen LogP contribution is -2.47. The molecular weight excluding hydrogens is 324 g/mol. The highest BCUT2D eigenvalue weighted by molar-refractivity contribution is 5.95. The normalized spacial score (nSPS) is 22.9. The first-order valence-corrected chi connectivity index (χ1v) is 9.38. The Balaban J connectivity index is 1.56. The molecule has 26 heavy (non-hydrogen) atoms. The molecule has 0 aromatic heterocycles. The van der Waals surface area contributed by atoms with E-state index in [4.69, 9.17) is 4.74 Å². The lowest BCUT2D eigenvalue weighted by molar-refractivity contribution is 0.0587. The SMILES string of the molecule is COc1ccccc1-c1ccc(C(=O)N2C[C@@H]3CC[C@H]2CN(C)C3)cc1. The average Bonchev–Trinajstić information content (AvgIpc) is 2.96. The number of carbonyl (C=O) groups excluding carboxylic acids is 1. The number of hydrogen-bond acceptors (Lipinski definition) is 3. The number of carbonyl (C=O) groups is 1. The van der Waals surface area contributed by atoms with E-state index in [1.165, 1.54) is 6.42 Å². The summed E-state index contributed by atoms with van der Waals surface area (Å²) in [5, 5.41) is 0. The number of nitrogens with zero attached hydrogens (tertiary/aromatic N) is 2. The van der Waals surface area contributed by atoms with Crippen LogP contribution in [0.4, 0.5) is 0 Å². The maximum absolute atomic E-state index is 13.1. The summed E-state index contributed by atoms with van der Waals surface area (Å²) >= 11 is 0. The number of fused-ring (bicyclic) bond motifs is 4. The molecule has 2 aromatic rings. The lowest BCUT2D eigenvalue weighted by Gasteiger charge is -2.36. The van der Waals surface area contributed by atoms with Gasteiger partial charge in [-0.2, -0.15) is 0 Å². The maximum atomic E-state index is 13.1. The fraction of sp³-hybridized carbons (Fsp3) is 0.409. The van der Waals surface area contributed by atoms with Crippen molar-refractivity contribution in [3.63, 3.8) is 0 Å². The summed E-state index contributed by atoms with van der Waals surface area (Å²) in [6.07, 6.45) is 2.37. The minimum Gasteiger partial charge on any atom is -0.496 e. The van der Waals surface area contributed by atoms with Crippen molar-refractivity contribution in [2.45, 2.75) is 18.9 Å². The average molecular weight is 350 g/mol. The number of likely N-dealkylation sites (N-methyl/N-ethyl adjacent to an activating group) is 1. The van der Waals surface area contributed by atoms with Gasteiger partial charge in [0.15, 0.2) is 0 Å². The van der Waals surface area contributed by atoms with Crippen molar-refractivity contribution >= 4 is 5.91 Å². The molecule has 0 N–H and O–H groups in total. The Bertz CT molecular complexity index is 787. The van der Waals surface area contributed by atoms with Gasteiger partial charge in [0.25, 0.3) is 5.91 Å². The number of ether oxygens (including phenoxy) is 1. The summed E-state index contributed by atoms with van der Waals surface area (Å²) in [5.41, 5.74) is 2.89. The molecule has 2 atom stereocenters. The first kappa shape index (κ1) is 17.1. The van der Waals surface area contributed by atoms with Crippen LogP contribution in [0.5, 0.6) is 5.75 Å². The molecule has 5 rings (SSSR count). The standard InChI is InChI=1S/C22H26N2O2/c1-23-13-16-7-12-19(15-23)24(14-16)22(25)18-10-8-17(9-11-18)20-5-3-4-6-21(20)26-2/h3-6,8-11,16,19H,7,12-15H2,1-2H3/t16-,19+/m1/s1. The Labute approximate surface area is 155 Å². The Morgan fingerprint density at radius 1 is 1.00 bits per heavy atom. The molecule has 3 heterocycles. The van der Waals surface area contributed by atoms with Gasteiger partial charge in [-0.3, -0.25) is 4.79 Å². The van der Waals surface area contributed by atoms with Crippen LogP contribution in [0.2, 0.25) is 0 Å². The van der Waals surface area contributed by atoms with E-state index in [0.29, 0.717) is 12.0 Å². The predicted octanol–water partition coefficient (Wildman–Crippen LogP) is 3.53. The highest BCUT2D eigenvalue weighted by Gasteiger charge is 2.36. The molecule has 4 nitrogen and oxygen atoms in total. The van der Waals surface area contributed by atoms with Gasteiger partial charge in [-0.05, 0) is 49.6 Å². The zero-order valence-electron chi connectivity index (χ0n) is 15.5. The zero-order valence-corrected chi connectivity index (χ0v) is 15.5. The second-order valence-corrected chi connectivity index (χ2v) is 7.55. The molecule has 0 unspecified atom stereocenters. The van der Waals surface area contributed by atoms with Crippen molar-refractivity contribution in [3.05, 3.63) is 54.1 Å². The van der Waals surface area contributed by atoms with E-state index >= 15 is 0 Å². The van der Waals surface area contributed by atoms with Gasteiger partial charge in [-0.1, -0.05) is 30.3 Å². The molecule has 2 aromatic carbocycles. The number of amides is 1. The summed E-state index contributed by atoms with van der Waals surface area (Å²) in [5.74, 6) is 1.62. The minimum absolute atomic E-state index is 0.168. The lowest BCUT2D eigenvalue weighted by atomic mass is 9.94. The Morgan fingerprint density at radius 2 is 1.77 bits per heavy atom. The number of benzene rings is 2. The quantitative estimate of drug-likeness (QED) is 0.849. The number of para-hydroxylation sites is 1. The summed E-state index contributed by atoms with van der Waals surface area (Å²) in [7, 11) is 3.85. The van der Waals surface area contributed by atoms with Crippen LogP contribution < -0.4 is 4.74 Å². The van der Waals surface area contributed by atoms with Crippen molar-refractivity contribution in [1.82, 2.24) is 9.80 Å². The van der Waals surface area contributed by atoms with Gasteiger partial charge in [0.1, 0.15) is 5.75 Å². The fourth-order valence-corrected chi connectivity index (χ4v) is 4.41. The molecule has 0 saturated carbocycles. The third-order valence-corrected chi connectivity index (χ3v) is 5.71. The Morgan fingerprint density at radius 3 is 2.54 bits per heavy atom. The first-order chi connectivity index (χ1) is 12.7. The van der Waals surface area contributed by atoms with Crippen LogP contribution in [0.15, 0.2) is 48.5 Å². The van der Waals surface area contributed by atoms with Crippen molar-refractivity contribution in [3.8, 4) is 16.9 Å². The second kappa shape index (κ2) is 7.12. The van der Waals surface area contributed by atoms with Gasteiger partial charge < -0.3 is 14.5 Å². The predicted molar refractivity (Wildman–Crippen MR) is 103 cm³/mol. The van der Waals surface area contributed by atoms with Crippen LogP contribution in [0.25, 0.3) is 11.1 Å². The van der Waals surface area contributed by atoms with E-state index in [9.17, 15) is 4.79 Å². The molecule has 3 aliphatic heterocycles. The van der Waals surface area contributed by atoms with Crippen LogP contribution >= 0.6 is 0 Å². The van der Waals surface area contributed by atoms with Crippen molar-refractivity contribution in [1.29, 1.82) is 0 Å².